The Morgan fingerprint density at radius 2 is 1.85 bits per heavy atom. The lowest BCUT2D eigenvalue weighted by atomic mass is 9.81. The quantitative estimate of drug-likeness (QED) is 0.836. The highest BCUT2D eigenvalue weighted by Gasteiger charge is 2.42. The van der Waals surface area contributed by atoms with Crippen LogP contribution in [0.1, 0.15) is 38.5 Å². The highest BCUT2D eigenvalue weighted by Crippen LogP contribution is 2.39. The Kier molecular flexibility index (Phi) is 5.29. The Bertz CT molecular complexity index is 319. The average molecular weight is 292 g/mol. The zero-order valence-corrected chi connectivity index (χ0v) is 11.6. The number of hydrogen-bond donors (Lipinski definition) is 2. The van der Waals surface area contributed by atoms with E-state index in [-0.39, 0.29) is 24.7 Å². The zero-order valence-electron chi connectivity index (χ0n) is 11.6. The standard InChI is InChI=1S/C14H23F3N2O/c15-14(16,17)12-3-1-11(2-4-12)13(20)19-8-6-10-5-7-18-9-10/h10-12,18H,1-9H2,(H,19,20). The number of rotatable bonds is 4. The number of halogens is 3. The fourth-order valence-electron chi connectivity index (χ4n) is 3.19. The Hall–Kier alpha value is -0.780. The summed E-state index contributed by atoms with van der Waals surface area (Å²) in [7, 11) is 0. The van der Waals surface area contributed by atoms with Gasteiger partial charge >= 0.3 is 6.18 Å². The van der Waals surface area contributed by atoms with Crippen LogP contribution in [0, 0.1) is 17.8 Å². The Labute approximate surface area is 117 Å². The first-order chi connectivity index (χ1) is 9.47. The van der Waals surface area contributed by atoms with E-state index in [4.69, 9.17) is 0 Å². The topological polar surface area (TPSA) is 41.1 Å². The van der Waals surface area contributed by atoms with E-state index in [1.165, 1.54) is 0 Å². The minimum atomic E-state index is -4.10. The fraction of sp³-hybridized carbons (Fsp3) is 0.929. The third-order valence-corrected chi connectivity index (χ3v) is 4.58. The van der Waals surface area contributed by atoms with Gasteiger partial charge in [-0.15, -0.1) is 0 Å². The summed E-state index contributed by atoms with van der Waals surface area (Å²) in [4.78, 5) is 11.9. The van der Waals surface area contributed by atoms with E-state index < -0.39 is 12.1 Å². The Balaban J connectivity index is 1.64. The van der Waals surface area contributed by atoms with Crippen molar-refractivity contribution in [3.8, 4) is 0 Å². The smallest absolute Gasteiger partial charge is 0.356 e. The van der Waals surface area contributed by atoms with Crippen molar-refractivity contribution in [2.75, 3.05) is 19.6 Å². The van der Waals surface area contributed by atoms with Crippen LogP contribution in [0.25, 0.3) is 0 Å². The second-order valence-corrected chi connectivity index (χ2v) is 6.03. The molecule has 2 fully saturated rings. The number of nitrogens with one attached hydrogen (secondary N) is 2. The van der Waals surface area contributed by atoms with E-state index in [2.05, 4.69) is 10.6 Å². The molecule has 1 amide bonds. The number of carbonyl (C=O) groups is 1. The molecule has 2 aliphatic rings. The van der Waals surface area contributed by atoms with E-state index in [1.54, 1.807) is 0 Å². The molecule has 20 heavy (non-hydrogen) atoms. The number of hydrogen-bond acceptors (Lipinski definition) is 2. The van der Waals surface area contributed by atoms with Crippen LogP contribution in [0.3, 0.4) is 0 Å². The fourth-order valence-corrected chi connectivity index (χ4v) is 3.19. The van der Waals surface area contributed by atoms with Crippen molar-refractivity contribution in [1.29, 1.82) is 0 Å². The summed E-state index contributed by atoms with van der Waals surface area (Å²) in [6.45, 7) is 2.69. The lowest BCUT2D eigenvalue weighted by Gasteiger charge is -2.29. The Morgan fingerprint density at radius 3 is 2.40 bits per heavy atom. The third-order valence-electron chi connectivity index (χ3n) is 4.58. The third kappa shape index (κ3) is 4.36. The maximum absolute atomic E-state index is 12.5. The van der Waals surface area contributed by atoms with Gasteiger partial charge in [-0.1, -0.05) is 0 Å². The van der Waals surface area contributed by atoms with Crippen LogP contribution in [0.15, 0.2) is 0 Å². The van der Waals surface area contributed by atoms with E-state index in [1.807, 2.05) is 0 Å². The summed E-state index contributed by atoms with van der Waals surface area (Å²) in [6, 6.07) is 0. The maximum Gasteiger partial charge on any atom is 0.391 e. The number of amides is 1. The molecule has 116 valence electrons. The van der Waals surface area contributed by atoms with E-state index in [0.717, 1.165) is 25.9 Å². The molecule has 1 heterocycles. The molecule has 2 rings (SSSR count). The van der Waals surface area contributed by atoms with Crippen molar-refractivity contribution in [3.63, 3.8) is 0 Å². The molecule has 1 unspecified atom stereocenters. The van der Waals surface area contributed by atoms with Crippen LogP contribution in [-0.4, -0.2) is 31.7 Å². The molecular weight excluding hydrogens is 269 g/mol. The van der Waals surface area contributed by atoms with Gasteiger partial charge < -0.3 is 10.6 Å². The summed E-state index contributed by atoms with van der Waals surface area (Å²) in [5.41, 5.74) is 0. The van der Waals surface area contributed by atoms with Crippen molar-refractivity contribution < 1.29 is 18.0 Å². The van der Waals surface area contributed by atoms with Gasteiger partial charge in [-0.3, -0.25) is 4.79 Å². The summed E-state index contributed by atoms with van der Waals surface area (Å²) in [6.07, 6.45) is -1.09. The predicted octanol–water partition coefficient (Wildman–Crippen LogP) is 2.47. The van der Waals surface area contributed by atoms with E-state index in [9.17, 15) is 18.0 Å². The van der Waals surface area contributed by atoms with E-state index >= 15 is 0 Å². The molecule has 0 spiro atoms. The van der Waals surface area contributed by atoms with Crippen LogP contribution in [0.2, 0.25) is 0 Å². The summed E-state index contributed by atoms with van der Waals surface area (Å²) in [5, 5.41) is 6.16. The second kappa shape index (κ2) is 6.78. The molecule has 0 radical (unpaired) electrons. The average Bonchev–Trinajstić information content (AvgIpc) is 2.91. The Morgan fingerprint density at radius 1 is 1.15 bits per heavy atom. The van der Waals surface area contributed by atoms with Crippen molar-refractivity contribution >= 4 is 5.91 Å². The first-order valence-electron chi connectivity index (χ1n) is 7.52. The molecular formula is C14H23F3N2O. The lowest BCUT2D eigenvalue weighted by Crippen LogP contribution is -2.36. The predicted molar refractivity (Wildman–Crippen MR) is 70.1 cm³/mol. The first-order valence-corrected chi connectivity index (χ1v) is 7.52. The molecule has 6 heteroatoms. The van der Waals surface area contributed by atoms with E-state index in [0.29, 0.717) is 25.3 Å². The molecule has 0 bridgehead atoms. The van der Waals surface area contributed by atoms with Crippen molar-refractivity contribution in [2.24, 2.45) is 17.8 Å². The molecule has 2 N–H and O–H groups in total. The highest BCUT2D eigenvalue weighted by atomic mass is 19.4. The molecule has 3 nitrogen and oxygen atoms in total. The molecule has 1 aliphatic carbocycles. The molecule has 1 aliphatic heterocycles. The van der Waals surface area contributed by atoms with Crippen LogP contribution >= 0.6 is 0 Å². The number of alkyl halides is 3. The first kappa shape index (κ1) is 15.6. The summed E-state index contributed by atoms with van der Waals surface area (Å²) >= 11 is 0. The second-order valence-electron chi connectivity index (χ2n) is 6.03. The van der Waals surface area contributed by atoms with Gasteiger partial charge in [-0.25, -0.2) is 0 Å². The van der Waals surface area contributed by atoms with Crippen LogP contribution in [-0.2, 0) is 4.79 Å². The van der Waals surface area contributed by atoms with Crippen LogP contribution in [0.5, 0.6) is 0 Å². The van der Waals surface area contributed by atoms with Gasteiger partial charge in [0.15, 0.2) is 0 Å². The molecule has 0 aromatic carbocycles. The van der Waals surface area contributed by atoms with Gasteiger partial charge in [0.1, 0.15) is 0 Å². The van der Waals surface area contributed by atoms with Gasteiger partial charge in [0.05, 0.1) is 5.92 Å². The van der Waals surface area contributed by atoms with Gasteiger partial charge in [0, 0.05) is 12.5 Å². The minimum Gasteiger partial charge on any atom is -0.356 e. The van der Waals surface area contributed by atoms with Gasteiger partial charge in [0.2, 0.25) is 5.91 Å². The summed E-state index contributed by atoms with van der Waals surface area (Å²) < 4.78 is 37.6. The van der Waals surface area contributed by atoms with Gasteiger partial charge in [-0.2, -0.15) is 13.2 Å². The zero-order chi connectivity index (χ0) is 14.6. The molecule has 1 saturated carbocycles. The normalized spacial score (nSPS) is 31.2. The highest BCUT2D eigenvalue weighted by molar-refractivity contribution is 5.78. The van der Waals surface area contributed by atoms with Crippen molar-refractivity contribution in [3.05, 3.63) is 0 Å². The van der Waals surface area contributed by atoms with Gasteiger partial charge in [-0.05, 0) is 57.5 Å². The molecule has 1 saturated heterocycles. The molecule has 1 atom stereocenters. The molecule has 0 aromatic heterocycles. The van der Waals surface area contributed by atoms with Crippen LogP contribution < -0.4 is 10.6 Å². The van der Waals surface area contributed by atoms with Gasteiger partial charge in [0.25, 0.3) is 0 Å². The van der Waals surface area contributed by atoms with Crippen LogP contribution in [0.4, 0.5) is 13.2 Å². The maximum atomic E-state index is 12.5. The largest absolute Gasteiger partial charge is 0.391 e. The van der Waals surface area contributed by atoms with Crippen molar-refractivity contribution in [2.45, 2.75) is 44.7 Å². The number of carbonyl (C=O) groups excluding carboxylic acids is 1. The minimum absolute atomic E-state index is 0.0587. The van der Waals surface area contributed by atoms with Crippen molar-refractivity contribution in [1.82, 2.24) is 10.6 Å². The monoisotopic (exact) mass is 292 g/mol. The lowest BCUT2D eigenvalue weighted by molar-refractivity contribution is -0.184. The molecule has 0 aromatic rings. The SMILES string of the molecule is O=C(NCCC1CCNC1)C1CCC(C(F)(F)F)CC1. The summed E-state index contributed by atoms with van der Waals surface area (Å²) in [5.74, 6) is -0.876.